The van der Waals surface area contributed by atoms with Gasteiger partial charge in [-0.2, -0.15) is 0 Å². The quantitative estimate of drug-likeness (QED) is 0.397. The van der Waals surface area contributed by atoms with Crippen molar-refractivity contribution in [2.24, 2.45) is 5.41 Å². The molecule has 1 fully saturated rings. The van der Waals surface area contributed by atoms with Crippen molar-refractivity contribution in [3.8, 4) is 11.5 Å². The molecule has 0 bridgehead atoms. The van der Waals surface area contributed by atoms with E-state index in [9.17, 15) is 30.4 Å². The van der Waals surface area contributed by atoms with Crippen molar-refractivity contribution in [3.63, 3.8) is 0 Å². The van der Waals surface area contributed by atoms with Gasteiger partial charge in [0, 0.05) is 18.8 Å². The highest BCUT2D eigenvalue weighted by Crippen LogP contribution is 2.46. The molecule has 3 rings (SSSR count). The fraction of sp³-hybridized carbons (Fsp3) is 0.368. The minimum absolute atomic E-state index is 0.140. The third-order valence-corrected chi connectivity index (χ3v) is 6.76. The van der Waals surface area contributed by atoms with Crippen LogP contribution in [0.1, 0.15) is 37.1 Å². The fourth-order valence-corrected chi connectivity index (χ4v) is 5.23. The molecule has 1 heterocycles. The van der Waals surface area contributed by atoms with E-state index in [0.29, 0.717) is 20.1 Å². The van der Waals surface area contributed by atoms with Crippen LogP contribution in [0.25, 0.3) is 0 Å². The molecule has 4 N–H and O–H groups in total. The summed E-state index contributed by atoms with van der Waals surface area (Å²) in [7, 11) is 0. The van der Waals surface area contributed by atoms with E-state index < -0.39 is 39.4 Å². The lowest BCUT2D eigenvalue weighted by molar-refractivity contribution is -0.818. The summed E-state index contributed by atoms with van der Waals surface area (Å²) < 4.78 is 1.23. The van der Waals surface area contributed by atoms with Crippen LogP contribution in [-0.4, -0.2) is 32.1 Å². The third kappa shape index (κ3) is 3.88. The van der Waals surface area contributed by atoms with E-state index in [-0.39, 0.29) is 11.5 Å². The number of hydrogen-bond acceptors (Lipinski definition) is 6. The predicted octanol–water partition coefficient (Wildman–Crippen LogP) is 3.30. The number of halogens is 2. The number of piperidine rings is 1. The van der Waals surface area contributed by atoms with Gasteiger partial charge in [0.05, 0.1) is 11.1 Å². The van der Waals surface area contributed by atoms with E-state index in [0.717, 1.165) is 0 Å². The molecule has 1 saturated heterocycles. The summed E-state index contributed by atoms with van der Waals surface area (Å²) >= 11 is 6.63. The molecule has 0 aromatic heterocycles. The van der Waals surface area contributed by atoms with E-state index in [1.54, 1.807) is 24.3 Å². The van der Waals surface area contributed by atoms with E-state index in [4.69, 9.17) is 0 Å². The number of nitro groups is 2. The molecule has 2 aromatic rings. The lowest BCUT2D eigenvalue weighted by atomic mass is 9.66. The zero-order chi connectivity index (χ0) is 22.4. The molecule has 9 nitrogen and oxygen atoms in total. The number of nitrogens with zero attached hydrogens (tertiary/aromatic N) is 2. The number of aromatic hydroxyl groups is 2. The third-order valence-electron chi connectivity index (χ3n) is 5.77. The summed E-state index contributed by atoms with van der Waals surface area (Å²) in [6, 6.07) is 4.62. The van der Waals surface area contributed by atoms with Gasteiger partial charge in [-0.1, -0.05) is 31.9 Å². The molecule has 0 spiro atoms. The smallest absolute Gasteiger partial charge is 0.279 e. The van der Waals surface area contributed by atoms with Gasteiger partial charge in [0.2, 0.25) is 0 Å². The molecule has 30 heavy (non-hydrogen) atoms. The van der Waals surface area contributed by atoms with E-state index >= 15 is 0 Å². The van der Waals surface area contributed by atoms with Gasteiger partial charge < -0.3 is 15.5 Å². The van der Waals surface area contributed by atoms with Gasteiger partial charge in [0.25, 0.3) is 12.1 Å². The van der Waals surface area contributed by atoms with Crippen LogP contribution in [-0.2, 0) is 0 Å². The largest absolute Gasteiger partial charge is 0.507 e. The fourth-order valence-electron chi connectivity index (χ4n) is 4.47. The standard InChI is InChI=1S/C19H19Br2N3O6/c1-19(2)17(23(27)28)15(11-7-9(20)3-5-13(11)25)22-16(18(19)24(29)30)12-8-10(21)4-6-14(12)26/h3-8,15-18,22,25-26H,1-2H3/p+1/t15-,16+,17-,18-/m0/s1. The van der Waals surface area contributed by atoms with Crippen molar-refractivity contribution < 1.29 is 25.4 Å². The molecule has 0 aliphatic carbocycles. The normalized spacial score (nSPS) is 25.6. The molecule has 11 heteroatoms. The second-order valence-electron chi connectivity index (χ2n) is 7.93. The Balaban J connectivity index is 2.25. The van der Waals surface area contributed by atoms with Crippen molar-refractivity contribution >= 4 is 31.9 Å². The van der Waals surface area contributed by atoms with Gasteiger partial charge >= 0.3 is 0 Å². The Morgan fingerprint density at radius 1 is 0.867 bits per heavy atom. The average Bonchev–Trinajstić information content (AvgIpc) is 2.63. The zero-order valence-electron chi connectivity index (χ0n) is 16.0. The Labute approximate surface area is 188 Å². The number of phenolic OH excluding ortho intramolecular Hbond substituents is 2. The second-order valence-corrected chi connectivity index (χ2v) is 9.76. The van der Waals surface area contributed by atoms with Gasteiger partial charge in [0.1, 0.15) is 16.9 Å². The predicted molar refractivity (Wildman–Crippen MR) is 114 cm³/mol. The minimum atomic E-state index is -1.40. The molecule has 2 aromatic carbocycles. The maximum absolute atomic E-state index is 12.1. The van der Waals surface area contributed by atoms with Crippen LogP contribution in [0.15, 0.2) is 45.3 Å². The highest BCUT2D eigenvalue weighted by atomic mass is 79.9. The molecule has 0 amide bonds. The van der Waals surface area contributed by atoms with Gasteiger partial charge in [-0.25, -0.2) is 0 Å². The number of nitrogens with two attached hydrogens (primary N) is 1. The first-order valence-electron chi connectivity index (χ1n) is 9.04. The molecular weight excluding hydrogens is 526 g/mol. The summed E-state index contributed by atoms with van der Waals surface area (Å²) in [6.07, 6.45) is 0. The summed E-state index contributed by atoms with van der Waals surface area (Å²) in [5.41, 5.74) is -0.818. The number of quaternary nitrogens is 1. The van der Waals surface area contributed by atoms with E-state index in [1.165, 1.54) is 31.3 Å². The van der Waals surface area contributed by atoms with Crippen LogP contribution in [0, 0.1) is 25.6 Å². The molecule has 160 valence electrons. The number of phenols is 2. The summed E-state index contributed by atoms with van der Waals surface area (Å²) in [4.78, 5) is 23.2. The molecule has 4 atom stereocenters. The molecule has 0 unspecified atom stereocenters. The van der Waals surface area contributed by atoms with Crippen molar-refractivity contribution in [1.82, 2.24) is 0 Å². The first kappa shape index (κ1) is 22.4. The van der Waals surface area contributed by atoms with Gasteiger partial charge in [-0.15, -0.1) is 0 Å². The Hall–Kier alpha value is -2.24. The first-order chi connectivity index (χ1) is 13.9. The monoisotopic (exact) mass is 544 g/mol. The maximum atomic E-state index is 12.1. The Kier molecular flexibility index (Phi) is 6.08. The van der Waals surface area contributed by atoms with Crippen molar-refractivity contribution in [2.75, 3.05) is 0 Å². The van der Waals surface area contributed by atoms with E-state index in [2.05, 4.69) is 31.9 Å². The first-order valence-corrected chi connectivity index (χ1v) is 10.6. The van der Waals surface area contributed by atoms with Crippen LogP contribution in [0.5, 0.6) is 11.5 Å². The Bertz CT molecular complexity index is 938. The zero-order valence-corrected chi connectivity index (χ0v) is 19.2. The number of hydrogen-bond donors (Lipinski definition) is 3. The van der Waals surface area contributed by atoms with Crippen LogP contribution in [0.3, 0.4) is 0 Å². The van der Waals surface area contributed by atoms with Crippen molar-refractivity contribution in [2.45, 2.75) is 38.0 Å². The second kappa shape index (κ2) is 8.12. The van der Waals surface area contributed by atoms with Crippen molar-refractivity contribution in [3.05, 3.63) is 76.7 Å². The Morgan fingerprint density at radius 3 is 1.57 bits per heavy atom. The highest BCUT2D eigenvalue weighted by molar-refractivity contribution is 9.10. The van der Waals surface area contributed by atoms with Gasteiger partial charge in [0.15, 0.2) is 12.1 Å². The van der Waals surface area contributed by atoms with Crippen LogP contribution in [0.4, 0.5) is 0 Å². The molecule has 1 aliphatic heterocycles. The summed E-state index contributed by atoms with van der Waals surface area (Å²) in [5.74, 6) is -0.280. The highest BCUT2D eigenvalue weighted by Gasteiger charge is 2.66. The van der Waals surface area contributed by atoms with E-state index in [1.807, 2.05) is 0 Å². The minimum Gasteiger partial charge on any atom is -0.507 e. The average molecular weight is 546 g/mol. The molecule has 0 saturated carbocycles. The van der Waals surface area contributed by atoms with Crippen molar-refractivity contribution in [1.29, 1.82) is 0 Å². The maximum Gasteiger partial charge on any atom is 0.279 e. The van der Waals surface area contributed by atoms with Gasteiger partial charge in [-0.05, 0) is 50.2 Å². The van der Waals surface area contributed by atoms with Gasteiger partial charge in [-0.3, -0.25) is 20.2 Å². The number of rotatable bonds is 4. The SMILES string of the molecule is CC1(C)[C@@H]([N+](=O)[O-])[C@@H](c2cc(Br)ccc2O)[NH2+][C@@H](c2cc(Br)ccc2O)[C@@H]1[N+](=O)[O-]. The lowest BCUT2D eigenvalue weighted by Crippen LogP contribution is -2.96. The van der Waals surface area contributed by atoms with Crippen LogP contribution in [0.2, 0.25) is 0 Å². The topological polar surface area (TPSA) is 143 Å². The molecular formula is C19H20Br2N3O6+. The Morgan fingerprint density at radius 2 is 1.23 bits per heavy atom. The summed E-state index contributed by atoms with van der Waals surface area (Å²) in [5, 5.41) is 46.6. The molecule has 0 radical (unpaired) electrons. The number of benzene rings is 2. The van der Waals surface area contributed by atoms with Crippen LogP contribution >= 0.6 is 31.9 Å². The molecule has 1 aliphatic rings. The lowest BCUT2D eigenvalue weighted by Gasteiger charge is -2.41. The summed E-state index contributed by atoms with van der Waals surface area (Å²) in [6.45, 7) is 2.98. The van der Waals surface area contributed by atoms with Crippen LogP contribution < -0.4 is 5.32 Å².